The number of hydrogen-bond donors (Lipinski definition) is 0. The molecule has 0 radical (unpaired) electrons. The average Bonchev–Trinajstić information content (AvgIpc) is 2.93. The van der Waals surface area contributed by atoms with Crippen LogP contribution in [0.4, 0.5) is 0 Å². The van der Waals surface area contributed by atoms with E-state index in [1.165, 1.54) is 11.1 Å². The molecule has 0 amide bonds. The zero-order valence-corrected chi connectivity index (χ0v) is 10.3. The highest BCUT2D eigenvalue weighted by Crippen LogP contribution is 2.46. The van der Waals surface area contributed by atoms with Crippen molar-refractivity contribution in [3.63, 3.8) is 0 Å². The van der Waals surface area contributed by atoms with Gasteiger partial charge in [0, 0.05) is 18.3 Å². The lowest BCUT2D eigenvalue weighted by molar-refractivity contribution is -0.123. The molecule has 1 aliphatic heterocycles. The summed E-state index contributed by atoms with van der Waals surface area (Å²) in [5.41, 5.74) is 2.60. The van der Waals surface area contributed by atoms with Gasteiger partial charge < -0.3 is 4.74 Å². The Morgan fingerprint density at radius 1 is 1.41 bits per heavy atom. The van der Waals surface area contributed by atoms with Gasteiger partial charge >= 0.3 is 0 Å². The predicted molar refractivity (Wildman–Crippen MR) is 66.3 cm³/mol. The number of carbonyl (C=O) groups excluding carboxylic acids is 1. The molecular formula is C15H18O2. The van der Waals surface area contributed by atoms with Gasteiger partial charge in [-0.15, -0.1) is 0 Å². The topological polar surface area (TPSA) is 26.3 Å². The number of aryl methyl sites for hydroxylation is 1. The van der Waals surface area contributed by atoms with Crippen molar-refractivity contribution in [3.05, 3.63) is 29.3 Å². The van der Waals surface area contributed by atoms with Crippen LogP contribution in [0.25, 0.3) is 0 Å². The second-order valence-corrected chi connectivity index (χ2v) is 5.52. The molecule has 0 N–H and O–H groups in total. The van der Waals surface area contributed by atoms with Gasteiger partial charge in [-0.2, -0.15) is 0 Å². The summed E-state index contributed by atoms with van der Waals surface area (Å²) >= 11 is 0. The van der Waals surface area contributed by atoms with Gasteiger partial charge in [0.25, 0.3) is 0 Å². The smallest absolute Gasteiger partial charge is 0.139 e. The van der Waals surface area contributed by atoms with Gasteiger partial charge in [-0.05, 0) is 36.5 Å². The van der Waals surface area contributed by atoms with Crippen molar-refractivity contribution in [1.82, 2.24) is 0 Å². The Hall–Kier alpha value is -1.31. The Morgan fingerprint density at radius 3 is 3.00 bits per heavy atom. The quantitative estimate of drug-likeness (QED) is 0.795. The van der Waals surface area contributed by atoms with Crippen molar-refractivity contribution in [3.8, 4) is 5.75 Å². The first-order valence-corrected chi connectivity index (χ1v) is 6.45. The Balaban J connectivity index is 1.63. The highest BCUT2D eigenvalue weighted by atomic mass is 16.5. The largest absolute Gasteiger partial charge is 0.493 e. The maximum atomic E-state index is 11.9. The third-order valence-corrected chi connectivity index (χ3v) is 4.07. The first-order chi connectivity index (χ1) is 8.17. The molecule has 17 heavy (non-hydrogen) atoms. The summed E-state index contributed by atoms with van der Waals surface area (Å²) in [5, 5.41) is 0. The van der Waals surface area contributed by atoms with Crippen LogP contribution in [0.15, 0.2) is 18.2 Å². The Labute approximate surface area is 102 Å². The van der Waals surface area contributed by atoms with E-state index < -0.39 is 0 Å². The summed E-state index contributed by atoms with van der Waals surface area (Å²) in [4.78, 5) is 11.9. The molecule has 90 valence electrons. The summed E-state index contributed by atoms with van der Waals surface area (Å²) in [6, 6.07) is 6.33. The third kappa shape index (κ3) is 2.08. The van der Waals surface area contributed by atoms with Crippen LogP contribution in [0.1, 0.15) is 37.3 Å². The summed E-state index contributed by atoms with van der Waals surface area (Å²) in [6.07, 6.45) is 4.75. The van der Waals surface area contributed by atoms with Gasteiger partial charge in [0.1, 0.15) is 11.5 Å². The number of benzene rings is 1. The van der Waals surface area contributed by atoms with Crippen molar-refractivity contribution in [2.75, 3.05) is 6.61 Å². The summed E-state index contributed by atoms with van der Waals surface area (Å²) in [7, 11) is 0. The predicted octanol–water partition coefficient (Wildman–Crippen LogP) is 2.92. The molecule has 1 saturated carbocycles. The second kappa shape index (κ2) is 3.86. The van der Waals surface area contributed by atoms with E-state index in [-0.39, 0.29) is 5.41 Å². The SMILES string of the molecule is CC1(C(=O)CCc2ccc3c(c2)CCO3)CC1. The molecule has 0 saturated heterocycles. The molecule has 0 atom stereocenters. The molecule has 2 aliphatic rings. The van der Waals surface area contributed by atoms with E-state index in [1.54, 1.807) is 0 Å². The van der Waals surface area contributed by atoms with Crippen LogP contribution in [0.2, 0.25) is 0 Å². The van der Waals surface area contributed by atoms with Gasteiger partial charge in [0.15, 0.2) is 0 Å². The average molecular weight is 230 g/mol. The third-order valence-electron chi connectivity index (χ3n) is 4.07. The van der Waals surface area contributed by atoms with Crippen molar-refractivity contribution in [1.29, 1.82) is 0 Å². The summed E-state index contributed by atoms with van der Waals surface area (Å²) in [5.74, 6) is 1.46. The van der Waals surface area contributed by atoms with E-state index in [9.17, 15) is 4.79 Å². The second-order valence-electron chi connectivity index (χ2n) is 5.52. The van der Waals surface area contributed by atoms with Crippen molar-refractivity contribution >= 4 is 5.78 Å². The van der Waals surface area contributed by atoms with E-state index in [1.807, 2.05) is 6.07 Å². The molecule has 1 aromatic carbocycles. The fraction of sp³-hybridized carbons (Fsp3) is 0.533. The van der Waals surface area contributed by atoms with Gasteiger partial charge in [0.2, 0.25) is 0 Å². The molecule has 0 aromatic heterocycles. The van der Waals surface area contributed by atoms with Gasteiger partial charge in [0.05, 0.1) is 6.61 Å². The van der Waals surface area contributed by atoms with Crippen LogP contribution in [0, 0.1) is 5.41 Å². The van der Waals surface area contributed by atoms with E-state index in [4.69, 9.17) is 4.74 Å². The fourth-order valence-electron chi connectivity index (χ4n) is 2.42. The zero-order chi connectivity index (χ0) is 11.9. The standard InChI is InChI=1S/C15H18O2/c1-15(7-8-15)14(16)5-3-11-2-4-13-12(10-11)6-9-17-13/h2,4,10H,3,5-9H2,1H3. The van der Waals surface area contributed by atoms with E-state index in [0.29, 0.717) is 12.2 Å². The highest BCUT2D eigenvalue weighted by Gasteiger charge is 2.43. The molecule has 2 heteroatoms. The molecule has 3 rings (SSSR count). The number of carbonyl (C=O) groups is 1. The van der Waals surface area contributed by atoms with E-state index in [2.05, 4.69) is 19.1 Å². The lowest BCUT2D eigenvalue weighted by Crippen LogP contribution is -2.12. The highest BCUT2D eigenvalue weighted by molar-refractivity contribution is 5.87. The number of fused-ring (bicyclic) bond motifs is 1. The lowest BCUT2D eigenvalue weighted by atomic mass is 9.96. The molecule has 0 spiro atoms. The monoisotopic (exact) mass is 230 g/mol. The first kappa shape index (κ1) is 10.8. The Morgan fingerprint density at radius 2 is 2.24 bits per heavy atom. The molecule has 0 unspecified atom stereocenters. The minimum atomic E-state index is 0.0276. The van der Waals surface area contributed by atoms with Crippen molar-refractivity contribution in [2.24, 2.45) is 5.41 Å². The molecule has 2 nitrogen and oxygen atoms in total. The Kier molecular flexibility index (Phi) is 2.46. The first-order valence-electron chi connectivity index (χ1n) is 6.45. The van der Waals surface area contributed by atoms with E-state index in [0.717, 1.165) is 38.0 Å². The molecule has 0 bridgehead atoms. The molecule has 1 aliphatic carbocycles. The number of ether oxygens (including phenoxy) is 1. The summed E-state index contributed by atoms with van der Waals surface area (Å²) in [6.45, 7) is 2.89. The molecular weight excluding hydrogens is 212 g/mol. The van der Waals surface area contributed by atoms with Gasteiger partial charge in [-0.3, -0.25) is 4.79 Å². The maximum absolute atomic E-state index is 11.9. The zero-order valence-electron chi connectivity index (χ0n) is 10.3. The van der Waals surface area contributed by atoms with Crippen LogP contribution in [-0.2, 0) is 17.6 Å². The number of Topliss-reactive ketones (excluding diaryl/α,β-unsaturated/α-hetero) is 1. The Bertz CT molecular complexity index is 458. The number of hydrogen-bond acceptors (Lipinski definition) is 2. The minimum Gasteiger partial charge on any atom is -0.493 e. The van der Waals surface area contributed by atoms with Crippen LogP contribution < -0.4 is 4.74 Å². The van der Waals surface area contributed by atoms with E-state index >= 15 is 0 Å². The van der Waals surface area contributed by atoms with Crippen LogP contribution >= 0.6 is 0 Å². The number of ketones is 1. The van der Waals surface area contributed by atoms with Crippen LogP contribution in [-0.4, -0.2) is 12.4 Å². The van der Waals surface area contributed by atoms with Crippen LogP contribution in [0.5, 0.6) is 5.75 Å². The molecule has 1 heterocycles. The molecule has 1 fully saturated rings. The van der Waals surface area contributed by atoms with Gasteiger partial charge in [-0.1, -0.05) is 19.1 Å². The lowest BCUT2D eigenvalue weighted by Gasteiger charge is -2.07. The fourth-order valence-corrected chi connectivity index (χ4v) is 2.42. The van der Waals surface area contributed by atoms with Crippen LogP contribution in [0.3, 0.4) is 0 Å². The summed E-state index contributed by atoms with van der Waals surface area (Å²) < 4.78 is 5.48. The molecule has 1 aromatic rings. The van der Waals surface area contributed by atoms with Gasteiger partial charge in [-0.25, -0.2) is 0 Å². The normalized spacial score (nSPS) is 19.6. The maximum Gasteiger partial charge on any atom is 0.139 e. The number of rotatable bonds is 4. The van der Waals surface area contributed by atoms with Crippen molar-refractivity contribution < 1.29 is 9.53 Å². The van der Waals surface area contributed by atoms with Crippen molar-refractivity contribution in [2.45, 2.75) is 39.0 Å². The minimum absolute atomic E-state index is 0.0276.